The minimum absolute atomic E-state index is 0.0117. The Balaban J connectivity index is 1.22. The van der Waals surface area contributed by atoms with Crippen molar-refractivity contribution in [1.29, 1.82) is 0 Å². The Kier molecular flexibility index (Phi) is 8.42. The number of aryl methyl sites for hydroxylation is 2. The van der Waals surface area contributed by atoms with E-state index in [0.717, 1.165) is 66.9 Å². The van der Waals surface area contributed by atoms with Crippen molar-refractivity contribution in [3.8, 4) is 11.6 Å². The third-order valence-electron chi connectivity index (χ3n) is 8.10. The van der Waals surface area contributed by atoms with Gasteiger partial charge >= 0.3 is 5.95 Å². The molecule has 44 heavy (non-hydrogen) atoms. The second-order valence-electron chi connectivity index (χ2n) is 11.4. The summed E-state index contributed by atoms with van der Waals surface area (Å²) >= 11 is 0. The number of imidazole rings is 1. The van der Waals surface area contributed by atoms with Crippen molar-refractivity contribution < 1.29 is 19.1 Å². The maximum atomic E-state index is 11.3. The van der Waals surface area contributed by atoms with E-state index in [1.807, 2.05) is 39.0 Å². The summed E-state index contributed by atoms with van der Waals surface area (Å²) in [5.74, 6) is 2.25. The van der Waals surface area contributed by atoms with Crippen LogP contribution in [0.4, 0.5) is 17.7 Å². The lowest BCUT2D eigenvalue weighted by atomic mass is 9.93. The summed E-state index contributed by atoms with van der Waals surface area (Å²) in [6.45, 7) is 8.53. The van der Waals surface area contributed by atoms with E-state index in [2.05, 4.69) is 25.2 Å². The number of nitrogens with zero attached hydrogens (tertiary/aromatic N) is 8. The molecule has 1 unspecified atom stereocenters. The number of pyridine rings is 2. The maximum Gasteiger partial charge on any atom is 0.434 e. The molecule has 4 aromatic heterocycles. The Morgan fingerprint density at radius 1 is 1.02 bits per heavy atom. The van der Waals surface area contributed by atoms with Crippen molar-refractivity contribution in [2.45, 2.75) is 64.7 Å². The van der Waals surface area contributed by atoms with Crippen LogP contribution in [-0.2, 0) is 11.8 Å². The van der Waals surface area contributed by atoms with Gasteiger partial charge in [-0.15, -0.1) is 0 Å². The van der Waals surface area contributed by atoms with Crippen LogP contribution >= 0.6 is 0 Å². The van der Waals surface area contributed by atoms with E-state index < -0.39 is 11.0 Å². The molecule has 1 atom stereocenters. The van der Waals surface area contributed by atoms with Crippen LogP contribution in [0.15, 0.2) is 30.6 Å². The van der Waals surface area contributed by atoms with Gasteiger partial charge in [0.05, 0.1) is 37.4 Å². The number of rotatable bonds is 9. The normalized spacial score (nSPS) is 19.5. The average Bonchev–Trinajstić information content (AvgIpc) is 3.40. The highest BCUT2D eigenvalue weighted by atomic mass is 16.6. The van der Waals surface area contributed by atoms with Crippen molar-refractivity contribution in [3.63, 3.8) is 0 Å². The second-order valence-corrected chi connectivity index (χ2v) is 11.4. The Morgan fingerprint density at radius 3 is 2.43 bits per heavy atom. The minimum Gasteiger partial charge on any atom is -0.481 e. The number of fused-ring (bicyclic) bond motifs is 1. The SMILES string of the molecule is Cc1cc(C)nc(NC2CCC(Oc3nc(N4CCOCC4)cc4ncc(OC(C)c5cnc([N+](=O)[O-])n5C)cc34)CC2)n1. The molecule has 0 amide bonds. The Labute approximate surface area is 255 Å². The predicted molar refractivity (Wildman–Crippen MR) is 163 cm³/mol. The zero-order valence-corrected chi connectivity index (χ0v) is 25.4. The van der Waals surface area contributed by atoms with E-state index >= 15 is 0 Å². The first-order valence-electron chi connectivity index (χ1n) is 14.9. The van der Waals surface area contributed by atoms with Crippen molar-refractivity contribution in [2.24, 2.45) is 7.05 Å². The molecule has 4 aromatic rings. The lowest BCUT2D eigenvalue weighted by molar-refractivity contribution is -0.396. The van der Waals surface area contributed by atoms with Crippen LogP contribution in [0.5, 0.6) is 11.6 Å². The number of nitro groups is 1. The summed E-state index contributed by atoms with van der Waals surface area (Å²) in [4.78, 5) is 35.6. The van der Waals surface area contributed by atoms with E-state index in [0.29, 0.717) is 36.5 Å². The first kappa shape index (κ1) is 29.5. The molecule has 2 fully saturated rings. The first-order valence-corrected chi connectivity index (χ1v) is 14.9. The summed E-state index contributed by atoms with van der Waals surface area (Å²) in [5, 5.41) is 15.5. The lowest BCUT2D eigenvalue weighted by Crippen LogP contribution is -2.37. The number of aromatic nitrogens is 6. The van der Waals surface area contributed by atoms with E-state index in [9.17, 15) is 10.1 Å². The van der Waals surface area contributed by atoms with E-state index in [-0.39, 0.29) is 18.1 Å². The second kappa shape index (κ2) is 12.6. The molecular formula is C30H37N9O5. The first-order chi connectivity index (χ1) is 21.2. The molecule has 0 aromatic carbocycles. The van der Waals surface area contributed by atoms with Crippen LogP contribution in [0, 0.1) is 24.0 Å². The standard InChI is InChI=1S/C30H37N9O5/c1-18-13-19(2)34-29(33-18)35-21-5-7-22(8-6-21)44-28-24-14-23(43-20(3)26-17-32-30(37(26)4)39(40)41)16-31-25(24)15-27(36-28)38-9-11-42-12-10-38/h13-17,20-22H,5-12H2,1-4H3,(H,33,34,35). The summed E-state index contributed by atoms with van der Waals surface area (Å²) < 4.78 is 19.8. The molecule has 1 aliphatic heterocycles. The molecule has 5 heterocycles. The van der Waals surface area contributed by atoms with Gasteiger partial charge in [0.2, 0.25) is 11.8 Å². The highest BCUT2D eigenvalue weighted by molar-refractivity contribution is 5.87. The Morgan fingerprint density at radius 2 is 1.75 bits per heavy atom. The van der Waals surface area contributed by atoms with Gasteiger partial charge in [-0.3, -0.25) is 4.98 Å². The van der Waals surface area contributed by atoms with Crippen LogP contribution in [0.25, 0.3) is 10.9 Å². The molecule has 232 valence electrons. The fourth-order valence-electron chi connectivity index (χ4n) is 5.85. The van der Waals surface area contributed by atoms with E-state index in [1.165, 1.54) is 10.8 Å². The molecule has 14 nitrogen and oxygen atoms in total. The number of ether oxygens (including phenoxy) is 3. The van der Waals surface area contributed by atoms with Gasteiger partial charge in [0.15, 0.2) is 11.8 Å². The molecule has 1 N–H and O–H groups in total. The number of hydrogen-bond donors (Lipinski definition) is 1. The molecule has 0 bridgehead atoms. The van der Waals surface area contributed by atoms with Crippen LogP contribution < -0.4 is 19.7 Å². The van der Waals surface area contributed by atoms with E-state index in [4.69, 9.17) is 24.2 Å². The molecule has 1 saturated carbocycles. The topological polar surface area (TPSA) is 155 Å². The summed E-state index contributed by atoms with van der Waals surface area (Å²) in [7, 11) is 1.60. The largest absolute Gasteiger partial charge is 0.481 e. The van der Waals surface area contributed by atoms with Crippen molar-refractivity contribution in [2.75, 3.05) is 36.5 Å². The maximum absolute atomic E-state index is 11.3. The van der Waals surface area contributed by atoms with Crippen LogP contribution in [0.1, 0.15) is 55.8 Å². The molecule has 6 rings (SSSR count). The zero-order chi connectivity index (χ0) is 30.8. The zero-order valence-electron chi connectivity index (χ0n) is 25.4. The number of morpholine rings is 1. The fraction of sp³-hybridized carbons (Fsp3) is 0.500. The summed E-state index contributed by atoms with van der Waals surface area (Å²) in [5.41, 5.74) is 3.21. The highest BCUT2D eigenvalue weighted by Gasteiger charge is 2.26. The lowest BCUT2D eigenvalue weighted by Gasteiger charge is -2.31. The molecule has 2 aliphatic rings. The van der Waals surface area contributed by atoms with Crippen molar-refractivity contribution >= 4 is 28.6 Å². The monoisotopic (exact) mass is 603 g/mol. The van der Waals surface area contributed by atoms with Crippen LogP contribution in [0.2, 0.25) is 0 Å². The quantitative estimate of drug-likeness (QED) is 0.212. The summed E-state index contributed by atoms with van der Waals surface area (Å²) in [6, 6.07) is 6.08. The minimum atomic E-state index is -0.518. The van der Waals surface area contributed by atoms with Gasteiger partial charge in [0.1, 0.15) is 23.9 Å². The van der Waals surface area contributed by atoms with Crippen molar-refractivity contribution in [3.05, 3.63) is 57.8 Å². The molecule has 1 aliphatic carbocycles. The smallest absolute Gasteiger partial charge is 0.434 e. The fourth-order valence-corrected chi connectivity index (χ4v) is 5.85. The average molecular weight is 604 g/mol. The predicted octanol–water partition coefficient (Wildman–Crippen LogP) is 4.46. The van der Waals surface area contributed by atoms with Crippen LogP contribution in [-0.4, -0.2) is 72.9 Å². The van der Waals surface area contributed by atoms with Crippen molar-refractivity contribution in [1.82, 2.24) is 29.5 Å². The van der Waals surface area contributed by atoms with Gasteiger partial charge in [-0.2, -0.15) is 4.98 Å². The Bertz CT molecular complexity index is 1630. The van der Waals surface area contributed by atoms with Crippen LogP contribution in [0.3, 0.4) is 0 Å². The van der Waals surface area contributed by atoms with Gasteiger partial charge < -0.3 is 34.5 Å². The number of nitrogens with one attached hydrogen (secondary N) is 1. The van der Waals surface area contributed by atoms with Gasteiger partial charge in [-0.1, -0.05) is 4.98 Å². The molecule has 14 heteroatoms. The highest BCUT2D eigenvalue weighted by Crippen LogP contribution is 2.34. The van der Waals surface area contributed by atoms with Gasteiger partial charge in [-0.05, 0) is 63.5 Å². The third kappa shape index (κ3) is 6.49. The van der Waals surface area contributed by atoms with Gasteiger partial charge in [0, 0.05) is 36.6 Å². The molecular weight excluding hydrogens is 566 g/mol. The molecule has 0 spiro atoms. The third-order valence-corrected chi connectivity index (χ3v) is 8.10. The number of anilines is 2. The van der Waals surface area contributed by atoms with Gasteiger partial charge in [0.25, 0.3) is 0 Å². The molecule has 0 radical (unpaired) electrons. The molecule has 1 saturated heterocycles. The summed E-state index contributed by atoms with van der Waals surface area (Å²) in [6.07, 6.45) is 6.14. The number of hydrogen-bond acceptors (Lipinski definition) is 12. The Hall–Kier alpha value is -4.59. The van der Waals surface area contributed by atoms with E-state index in [1.54, 1.807) is 13.2 Å². The van der Waals surface area contributed by atoms with Gasteiger partial charge in [-0.25, -0.2) is 14.5 Å².